The third-order valence-electron chi connectivity index (χ3n) is 2.81. The van der Waals surface area contributed by atoms with Gasteiger partial charge in [0.15, 0.2) is 0 Å². The van der Waals surface area contributed by atoms with E-state index in [0.717, 1.165) is 19.5 Å². The number of pyridine rings is 1. The van der Waals surface area contributed by atoms with E-state index in [1.165, 1.54) is 6.07 Å². The Bertz CT molecular complexity index is 435. The van der Waals surface area contributed by atoms with Gasteiger partial charge in [-0.15, -0.1) is 0 Å². The van der Waals surface area contributed by atoms with Crippen LogP contribution in [0.1, 0.15) is 27.2 Å². The van der Waals surface area contributed by atoms with E-state index in [2.05, 4.69) is 24.1 Å². The predicted octanol–water partition coefficient (Wildman–Crippen LogP) is 2.90. The number of hydrogen-bond acceptors (Lipinski definition) is 5. The van der Waals surface area contributed by atoms with Gasteiger partial charge in [0.05, 0.1) is 4.92 Å². The molecule has 0 saturated carbocycles. The molecule has 0 unspecified atom stereocenters. The van der Waals surface area contributed by atoms with Crippen molar-refractivity contribution in [2.75, 3.05) is 30.4 Å². The summed E-state index contributed by atoms with van der Waals surface area (Å²) >= 11 is 0. The number of nitrogens with one attached hydrogen (secondary N) is 1. The normalized spacial score (nSPS) is 10.6. The Hall–Kier alpha value is -1.85. The molecule has 0 saturated heterocycles. The summed E-state index contributed by atoms with van der Waals surface area (Å²) in [5.41, 5.74) is 0.0490. The van der Waals surface area contributed by atoms with Crippen molar-refractivity contribution in [3.63, 3.8) is 0 Å². The Morgan fingerprint density at radius 2 is 2.16 bits per heavy atom. The molecule has 0 bridgehead atoms. The minimum absolute atomic E-state index is 0.0490. The fourth-order valence-corrected chi connectivity index (χ4v) is 1.70. The number of rotatable bonds is 7. The van der Waals surface area contributed by atoms with Gasteiger partial charge in [-0.3, -0.25) is 10.1 Å². The Labute approximate surface area is 114 Å². The van der Waals surface area contributed by atoms with Gasteiger partial charge in [-0.25, -0.2) is 4.98 Å². The Morgan fingerprint density at radius 1 is 1.47 bits per heavy atom. The average Bonchev–Trinajstić information content (AvgIpc) is 2.36. The Morgan fingerprint density at radius 3 is 2.68 bits per heavy atom. The minimum atomic E-state index is -0.385. The third-order valence-corrected chi connectivity index (χ3v) is 2.81. The summed E-state index contributed by atoms with van der Waals surface area (Å²) in [6, 6.07) is 3.15. The van der Waals surface area contributed by atoms with Crippen LogP contribution in [-0.4, -0.2) is 30.0 Å². The molecule has 1 N–H and O–H groups in total. The zero-order valence-corrected chi connectivity index (χ0v) is 12.0. The summed E-state index contributed by atoms with van der Waals surface area (Å²) in [6.07, 6.45) is 0.973. The maximum Gasteiger partial charge on any atom is 0.311 e. The Balaban J connectivity index is 2.99. The first kappa shape index (κ1) is 15.2. The molecule has 0 aromatic carbocycles. The number of hydrogen-bond donors (Lipinski definition) is 1. The third kappa shape index (κ3) is 4.39. The summed E-state index contributed by atoms with van der Waals surface area (Å²) in [4.78, 5) is 16.8. The van der Waals surface area contributed by atoms with Gasteiger partial charge in [-0.1, -0.05) is 13.8 Å². The van der Waals surface area contributed by atoms with Crippen LogP contribution < -0.4 is 10.2 Å². The second kappa shape index (κ2) is 6.92. The number of aromatic nitrogens is 1. The lowest BCUT2D eigenvalue weighted by Gasteiger charge is -2.19. The van der Waals surface area contributed by atoms with Crippen molar-refractivity contribution < 1.29 is 4.92 Å². The molecule has 6 heteroatoms. The van der Waals surface area contributed by atoms with Crippen LogP contribution in [0, 0.1) is 16.0 Å². The molecule has 106 valence electrons. The second-order valence-electron chi connectivity index (χ2n) is 4.93. The van der Waals surface area contributed by atoms with Crippen molar-refractivity contribution in [3.8, 4) is 0 Å². The molecule has 0 aliphatic heterocycles. The first-order valence-corrected chi connectivity index (χ1v) is 6.56. The van der Waals surface area contributed by atoms with E-state index in [4.69, 9.17) is 0 Å². The molecule has 0 aliphatic carbocycles. The van der Waals surface area contributed by atoms with Crippen molar-refractivity contribution in [3.05, 3.63) is 22.2 Å². The topological polar surface area (TPSA) is 71.3 Å². The lowest BCUT2D eigenvalue weighted by Crippen LogP contribution is -2.22. The molecule has 0 atom stereocenters. The van der Waals surface area contributed by atoms with Crippen LogP contribution >= 0.6 is 0 Å². The molecular formula is C13H22N4O2. The molecule has 0 spiro atoms. The standard InChI is InChI=1S/C13H22N4O2/c1-5-14-12-7-6-11(17(18)19)13(15-12)16(4)9-8-10(2)3/h6-7,10H,5,8-9H2,1-4H3,(H,14,15). The van der Waals surface area contributed by atoms with Gasteiger partial charge in [-0.2, -0.15) is 0 Å². The van der Waals surface area contributed by atoms with Crippen molar-refractivity contribution >= 4 is 17.3 Å². The zero-order chi connectivity index (χ0) is 14.4. The van der Waals surface area contributed by atoms with E-state index >= 15 is 0 Å². The van der Waals surface area contributed by atoms with E-state index < -0.39 is 0 Å². The smallest absolute Gasteiger partial charge is 0.311 e. The SMILES string of the molecule is CCNc1ccc([N+](=O)[O-])c(N(C)CCC(C)C)n1. The second-order valence-corrected chi connectivity index (χ2v) is 4.93. The summed E-state index contributed by atoms with van der Waals surface area (Å²) in [7, 11) is 1.84. The van der Waals surface area contributed by atoms with Crippen molar-refractivity contribution in [1.29, 1.82) is 0 Å². The molecule has 6 nitrogen and oxygen atoms in total. The quantitative estimate of drug-likeness (QED) is 0.607. The largest absolute Gasteiger partial charge is 0.370 e. The van der Waals surface area contributed by atoms with Crippen LogP contribution in [0.3, 0.4) is 0 Å². The fourth-order valence-electron chi connectivity index (χ4n) is 1.70. The molecule has 1 heterocycles. The molecule has 0 radical (unpaired) electrons. The molecule has 0 fully saturated rings. The van der Waals surface area contributed by atoms with Gasteiger partial charge < -0.3 is 10.2 Å². The average molecular weight is 266 g/mol. The Kier molecular flexibility index (Phi) is 5.54. The summed E-state index contributed by atoms with van der Waals surface area (Å²) in [5.74, 6) is 1.64. The van der Waals surface area contributed by atoms with Gasteiger partial charge in [0.2, 0.25) is 5.82 Å². The molecule has 0 amide bonds. The number of nitro groups is 1. The molecule has 0 aliphatic rings. The molecular weight excluding hydrogens is 244 g/mol. The maximum absolute atomic E-state index is 11.1. The van der Waals surface area contributed by atoms with Crippen molar-refractivity contribution in [2.45, 2.75) is 27.2 Å². The van der Waals surface area contributed by atoms with Gasteiger partial charge in [0.1, 0.15) is 5.82 Å². The highest BCUT2D eigenvalue weighted by molar-refractivity contribution is 5.61. The van der Waals surface area contributed by atoms with Crippen LogP contribution in [0.25, 0.3) is 0 Å². The molecule has 1 aromatic rings. The zero-order valence-electron chi connectivity index (χ0n) is 12.0. The van der Waals surface area contributed by atoms with Crippen LogP contribution in [0.15, 0.2) is 12.1 Å². The van der Waals surface area contributed by atoms with Crippen molar-refractivity contribution in [2.24, 2.45) is 5.92 Å². The van der Waals surface area contributed by atoms with Crippen LogP contribution in [0.4, 0.5) is 17.3 Å². The summed E-state index contributed by atoms with van der Waals surface area (Å²) < 4.78 is 0. The van der Waals surface area contributed by atoms with E-state index in [1.807, 2.05) is 18.9 Å². The van der Waals surface area contributed by atoms with E-state index in [0.29, 0.717) is 17.6 Å². The van der Waals surface area contributed by atoms with E-state index in [1.54, 1.807) is 6.07 Å². The number of nitrogens with zero attached hydrogens (tertiary/aromatic N) is 3. The maximum atomic E-state index is 11.1. The van der Waals surface area contributed by atoms with E-state index in [9.17, 15) is 10.1 Å². The first-order valence-electron chi connectivity index (χ1n) is 6.56. The first-order chi connectivity index (χ1) is 8.95. The lowest BCUT2D eigenvalue weighted by molar-refractivity contribution is -0.384. The van der Waals surface area contributed by atoms with Crippen LogP contribution in [-0.2, 0) is 0 Å². The highest BCUT2D eigenvalue weighted by atomic mass is 16.6. The lowest BCUT2D eigenvalue weighted by atomic mass is 10.1. The molecule has 1 aromatic heterocycles. The highest BCUT2D eigenvalue weighted by Gasteiger charge is 2.19. The molecule has 1 rings (SSSR count). The van der Waals surface area contributed by atoms with Crippen molar-refractivity contribution in [1.82, 2.24) is 4.98 Å². The van der Waals surface area contributed by atoms with E-state index in [-0.39, 0.29) is 10.6 Å². The van der Waals surface area contributed by atoms with Crippen LogP contribution in [0.2, 0.25) is 0 Å². The minimum Gasteiger partial charge on any atom is -0.370 e. The number of anilines is 2. The monoisotopic (exact) mass is 266 g/mol. The van der Waals surface area contributed by atoms with Gasteiger partial charge in [-0.05, 0) is 25.3 Å². The highest BCUT2D eigenvalue weighted by Crippen LogP contribution is 2.27. The summed E-state index contributed by atoms with van der Waals surface area (Å²) in [6.45, 7) is 7.71. The molecule has 19 heavy (non-hydrogen) atoms. The van der Waals surface area contributed by atoms with Crippen LogP contribution in [0.5, 0.6) is 0 Å². The fraction of sp³-hybridized carbons (Fsp3) is 0.615. The summed E-state index contributed by atoms with van der Waals surface area (Å²) in [5, 5.41) is 14.1. The van der Waals surface area contributed by atoms with Gasteiger partial charge >= 0.3 is 5.69 Å². The van der Waals surface area contributed by atoms with Gasteiger partial charge in [0.25, 0.3) is 0 Å². The predicted molar refractivity (Wildman–Crippen MR) is 77.8 cm³/mol. The van der Waals surface area contributed by atoms with Gasteiger partial charge in [0, 0.05) is 26.2 Å².